The zero-order chi connectivity index (χ0) is 24.4. The van der Waals surface area contributed by atoms with Gasteiger partial charge in [-0.05, 0) is 52.4 Å². The second-order valence-electron chi connectivity index (χ2n) is 7.44. The average Bonchev–Trinajstić information content (AvgIpc) is 3.19. The molecule has 0 spiro atoms. The van der Waals surface area contributed by atoms with E-state index in [2.05, 4.69) is 31.3 Å². The van der Waals surface area contributed by atoms with Gasteiger partial charge in [-0.3, -0.25) is 4.79 Å². The third-order valence-corrected chi connectivity index (χ3v) is 6.95. The maximum absolute atomic E-state index is 12.5. The number of allylic oxidation sites excluding steroid dienone is 1. The molecule has 178 valence electrons. The Labute approximate surface area is 215 Å². The lowest BCUT2D eigenvalue weighted by atomic mass is 9.95. The standard InChI is InChI=1S/C23H23BrClN5O3S/c1-4-34-23-28-22-27-12(2)18(21(26)31)19(30(22)29-23)14-9-15(24)20(17(10-14)32-3)33-11-13-7-5-6-8-16(13)25/h5-10,19H,4,11H2,1-3H3,(H2,26,31)(H,27,28,29). The number of nitrogens with zero attached hydrogens (tertiary/aromatic N) is 3. The number of hydrogen-bond donors (Lipinski definition) is 2. The topological polar surface area (TPSA) is 104 Å². The normalized spacial score (nSPS) is 15.0. The smallest absolute Gasteiger partial charge is 0.248 e. The number of halogens is 2. The van der Waals surface area contributed by atoms with Gasteiger partial charge in [0.1, 0.15) is 12.6 Å². The SMILES string of the molecule is CCSc1nc2n(n1)C(c1cc(Br)c(OCc3ccccc3Cl)c(OC)c1)C(C(N)=O)=C(C)N2. The molecule has 1 unspecified atom stereocenters. The van der Waals surface area contributed by atoms with E-state index in [1.165, 1.54) is 11.8 Å². The van der Waals surface area contributed by atoms with E-state index in [-0.39, 0.29) is 6.61 Å². The summed E-state index contributed by atoms with van der Waals surface area (Å²) in [5, 5.41) is 8.99. The maximum Gasteiger partial charge on any atom is 0.248 e. The highest BCUT2D eigenvalue weighted by Crippen LogP contribution is 2.43. The largest absolute Gasteiger partial charge is 0.493 e. The molecule has 11 heteroatoms. The Morgan fingerprint density at radius 2 is 2.12 bits per heavy atom. The Morgan fingerprint density at radius 1 is 1.35 bits per heavy atom. The molecule has 0 bridgehead atoms. The minimum atomic E-state index is -0.588. The highest BCUT2D eigenvalue weighted by molar-refractivity contribution is 9.10. The number of methoxy groups -OCH3 is 1. The summed E-state index contributed by atoms with van der Waals surface area (Å²) in [6.07, 6.45) is 0. The number of ether oxygens (including phenoxy) is 2. The number of thioether (sulfide) groups is 1. The quantitative estimate of drug-likeness (QED) is 0.364. The fraction of sp³-hybridized carbons (Fsp3) is 0.261. The van der Waals surface area contributed by atoms with Crippen LogP contribution in [0.5, 0.6) is 11.5 Å². The predicted molar refractivity (Wildman–Crippen MR) is 137 cm³/mol. The van der Waals surface area contributed by atoms with Crippen LogP contribution in [-0.4, -0.2) is 33.5 Å². The molecule has 3 N–H and O–H groups in total. The number of nitrogens with two attached hydrogens (primary N) is 1. The zero-order valence-electron chi connectivity index (χ0n) is 18.8. The van der Waals surface area contributed by atoms with Gasteiger partial charge in [0.05, 0.1) is 17.2 Å². The van der Waals surface area contributed by atoms with Crippen molar-refractivity contribution in [3.8, 4) is 11.5 Å². The summed E-state index contributed by atoms with van der Waals surface area (Å²) in [4.78, 5) is 17.0. The van der Waals surface area contributed by atoms with Crippen molar-refractivity contribution in [1.82, 2.24) is 14.8 Å². The summed E-state index contributed by atoms with van der Waals surface area (Å²) in [7, 11) is 1.56. The fourth-order valence-corrected chi connectivity index (χ4v) is 5.07. The number of hydrogen-bond acceptors (Lipinski definition) is 7. The molecule has 3 aromatic rings. The molecule has 1 amide bonds. The summed E-state index contributed by atoms with van der Waals surface area (Å²) in [6.45, 7) is 4.08. The van der Waals surface area contributed by atoms with Crippen molar-refractivity contribution in [2.45, 2.75) is 31.7 Å². The van der Waals surface area contributed by atoms with Crippen LogP contribution in [0, 0.1) is 0 Å². The van der Waals surface area contributed by atoms with Crippen molar-refractivity contribution in [2.75, 3.05) is 18.2 Å². The third kappa shape index (κ3) is 4.75. The molecule has 1 atom stereocenters. The van der Waals surface area contributed by atoms with Crippen LogP contribution in [0.3, 0.4) is 0 Å². The first-order valence-electron chi connectivity index (χ1n) is 10.4. The van der Waals surface area contributed by atoms with Gasteiger partial charge in [0.2, 0.25) is 17.0 Å². The molecule has 34 heavy (non-hydrogen) atoms. The van der Waals surface area contributed by atoms with Crippen molar-refractivity contribution < 1.29 is 14.3 Å². The second-order valence-corrected chi connectivity index (χ2v) is 9.93. The van der Waals surface area contributed by atoms with E-state index < -0.39 is 11.9 Å². The third-order valence-electron chi connectivity index (χ3n) is 5.27. The van der Waals surface area contributed by atoms with Gasteiger partial charge in [0.25, 0.3) is 0 Å². The molecule has 2 aromatic carbocycles. The summed E-state index contributed by atoms with van der Waals surface area (Å²) < 4.78 is 14.0. The monoisotopic (exact) mass is 563 g/mol. The van der Waals surface area contributed by atoms with Crippen LogP contribution in [0.1, 0.15) is 31.0 Å². The van der Waals surface area contributed by atoms with E-state index in [9.17, 15) is 4.79 Å². The average molecular weight is 565 g/mol. The molecule has 0 radical (unpaired) electrons. The van der Waals surface area contributed by atoms with E-state index >= 15 is 0 Å². The molecule has 1 aliphatic rings. The van der Waals surface area contributed by atoms with Gasteiger partial charge < -0.3 is 20.5 Å². The number of fused-ring (bicyclic) bond motifs is 1. The van der Waals surface area contributed by atoms with Crippen molar-refractivity contribution in [3.05, 3.63) is 68.3 Å². The molecule has 1 aromatic heterocycles. The second kappa shape index (κ2) is 10.3. The predicted octanol–water partition coefficient (Wildman–Crippen LogP) is 5.17. The molecule has 2 heterocycles. The van der Waals surface area contributed by atoms with E-state index in [1.54, 1.807) is 18.7 Å². The Balaban J connectivity index is 1.76. The molecule has 1 aliphatic heterocycles. The molecular formula is C23H23BrClN5O3S. The number of rotatable bonds is 8. The van der Waals surface area contributed by atoms with Crippen LogP contribution in [0.4, 0.5) is 5.95 Å². The first-order valence-corrected chi connectivity index (χ1v) is 12.6. The van der Waals surface area contributed by atoms with Crippen LogP contribution in [-0.2, 0) is 11.4 Å². The van der Waals surface area contributed by atoms with E-state index in [4.69, 9.17) is 26.8 Å². The number of primary amides is 1. The van der Waals surface area contributed by atoms with Gasteiger partial charge >= 0.3 is 0 Å². The number of nitrogens with one attached hydrogen (secondary N) is 1. The van der Waals surface area contributed by atoms with Crippen LogP contribution in [0.2, 0.25) is 5.02 Å². The molecule has 0 aliphatic carbocycles. The van der Waals surface area contributed by atoms with Gasteiger partial charge in [-0.25, -0.2) is 4.68 Å². The summed E-state index contributed by atoms with van der Waals surface area (Å²) in [5.41, 5.74) is 8.40. The van der Waals surface area contributed by atoms with Crippen molar-refractivity contribution in [2.24, 2.45) is 5.73 Å². The molecular weight excluding hydrogens is 542 g/mol. The fourth-order valence-electron chi connectivity index (χ4n) is 3.75. The van der Waals surface area contributed by atoms with E-state index in [1.807, 2.05) is 43.3 Å². The molecule has 4 rings (SSSR count). The van der Waals surface area contributed by atoms with Crippen LogP contribution >= 0.6 is 39.3 Å². The van der Waals surface area contributed by atoms with Crippen LogP contribution in [0.25, 0.3) is 0 Å². The van der Waals surface area contributed by atoms with Gasteiger partial charge in [-0.1, -0.05) is 48.5 Å². The van der Waals surface area contributed by atoms with Crippen molar-refractivity contribution in [3.63, 3.8) is 0 Å². The van der Waals surface area contributed by atoms with Crippen molar-refractivity contribution >= 4 is 51.1 Å². The highest BCUT2D eigenvalue weighted by Gasteiger charge is 2.34. The van der Waals surface area contributed by atoms with E-state index in [0.717, 1.165) is 16.9 Å². The molecule has 0 saturated carbocycles. The summed E-state index contributed by atoms with van der Waals surface area (Å²) in [5.74, 6) is 1.82. The summed E-state index contributed by atoms with van der Waals surface area (Å²) in [6, 6.07) is 10.6. The Kier molecular flexibility index (Phi) is 7.39. The maximum atomic E-state index is 12.5. The van der Waals surface area contributed by atoms with E-state index in [0.29, 0.717) is 43.4 Å². The Hall–Kier alpha value is -2.69. The van der Waals surface area contributed by atoms with Crippen LogP contribution < -0.4 is 20.5 Å². The molecule has 8 nitrogen and oxygen atoms in total. The number of anilines is 1. The molecule has 0 saturated heterocycles. The van der Waals surface area contributed by atoms with Crippen molar-refractivity contribution in [1.29, 1.82) is 0 Å². The van der Waals surface area contributed by atoms with Gasteiger partial charge in [0, 0.05) is 16.3 Å². The zero-order valence-corrected chi connectivity index (χ0v) is 21.9. The van der Waals surface area contributed by atoms with Gasteiger partial charge in [-0.2, -0.15) is 4.98 Å². The lowest BCUT2D eigenvalue weighted by molar-refractivity contribution is -0.115. The first-order chi connectivity index (χ1) is 16.3. The minimum absolute atomic E-state index is 0.262. The summed E-state index contributed by atoms with van der Waals surface area (Å²) >= 11 is 11.4. The number of carbonyl (C=O) groups is 1. The Morgan fingerprint density at radius 3 is 2.79 bits per heavy atom. The van der Waals surface area contributed by atoms with Gasteiger partial charge in [0.15, 0.2) is 11.5 Å². The lowest BCUT2D eigenvalue weighted by Gasteiger charge is -2.28. The number of amides is 1. The Bertz CT molecular complexity index is 1280. The first kappa shape index (κ1) is 24.4. The number of carbonyl (C=O) groups excluding carboxylic acids is 1. The minimum Gasteiger partial charge on any atom is -0.493 e. The lowest BCUT2D eigenvalue weighted by Crippen LogP contribution is -2.31. The highest BCUT2D eigenvalue weighted by atomic mass is 79.9. The molecule has 0 fully saturated rings. The number of benzene rings is 2. The van der Waals surface area contributed by atoms with Crippen LogP contribution in [0.15, 0.2) is 57.3 Å². The number of aromatic nitrogens is 3. The van der Waals surface area contributed by atoms with Gasteiger partial charge in [-0.15, -0.1) is 5.10 Å².